The van der Waals surface area contributed by atoms with Crippen molar-refractivity contribution in [2.24, 2.45) is 0 Å². The van der Waals surface area contributed by atoms with Gasteiger partial charge in [-0.2, -0.15) is 0 Å². The van der Waals surface area contributed by atoms with E-state index in [9.17, 15) is 9.90 Å². The Balaban J connectivity index is 2.15. The van der Waals surface area contributed by atoms with Crippen LogP contribution in [-0.2, 0) is 11.3 Å². The van der Waals surface area contributed by atoms with E-state index in [0.29, 0.717) is 6.54 Å². The van der Waals surface area contributed by atoms with Gasteiger partial charge in [-0.25, -0.2) is 4.98 Å². The second kappa shape index (κ2) is 4.93. The van der Waals surface area contributed by atoms with Crippen molar-refractivity contribution in [2.45, 2.75) is 32.4 Å². The first-order valence-electron chi connectivity index (χ1n) is 4.96. The lowest BCUT2D eigenvalue weighted by molar-refractivity contribution is -0.136. The second-order valence-electron chi connectivity index (χ2n) is 3.97. The second-order valence-corrected chi connectivity index (χ2v) is 3.97. The summed E-state index contributed by atoms with van der Waals surface area (Å²) in [5, 5.41) is 12.0. The first-order chi connectivity index (χ1) is 7.00. The minimum absolute atomic E-state index is 0.340. The predicted molar refractivity (Wildman–Crippen MR) is 56.2 cm³/mol. The Bertz CT molecular complexity index is 301. The maximum Gasteiger partial charge on any atom is 0.251 e. The van der Waals surface area contributed by atoms with E-state index in [1.54, 1.807) is 12.5 Å². The Morgan fingerprint density at radius 2 is 2.33 bits per heavy atom. The SMILES string of the molecule is CC(C)(O)C(=O)NCCCn1ccnc1. The van der Waals surface area contributed by atoms with Crippen LogP contribution in [0.2, 0.25) is 0 Å². The van der Waals surface area contributed by atoms with E-state index in [1.807, 2.05) is 10.8 Å². The number of carbonyl (C=O) groups excluding carboxylic acids is 1. The molecule has 5 nitrogen and oxygen atoms in total. The molecule has 1 rings (SSSR count). The number of hydrogen-bond donors (Lipinski definition) is 2. The fourth-order valence-corrected chi connectivity index (χ4v) is 1.10. The van der Waals surface area contributed by atoms with Gasteiger partial charge in [-0.15, -0.1) is 0 Å². The molecule has 0 atom stereocenters. The topological polar surface area (TPSA) is 67.2 Å². The third-order valence-corrected chi connectivity index (χ3v) is 1.99. The molecule has 2 N–H and O–H groups in total. The molecule has 1 amide bonds. The fourth-order valence-electron chi connectivity index (χ4n) is 1.10. The highest BCUT2D eigenvalue weighted by molar-refractivity contribution is 5.83. The number of aryl methyl sites for hydroxylation is 1. The van der Waals surface area contributed by atoms with E-state index in [0.717, 1.165) is 13.0 Å². The summed E-state index contributed by atoms with van der Waals surface area (Å²) in [6.45, 7) is 4.31. The van der Waals surface area contributed by atoms with Gasteiger partial charge in [-0.1, -0.05) is 0 Å². The average Bonchev–Trinajstić information content (AvgIpc) is 2.63. The van der Waals surface area contributed by atoms with Crippen LogP contribution < -0.4 is 5.32 Å². The highest BCUT2D eigenvalue weighted by Crippen LogP contribution is 1.99. The number of aliphatic hydroxyl groups is 1. The van der Waals surface area contributed by atoms with Crippen LogP contribution in [0, 0.1) is 0 Å². The number of imidazole rings is 1. The van der Waals surface area contributed by atoms with E-state index in [1.165, 1.54) is 13.8 Å². The van der Waals surface area contributed by atoms with Gasteiger partial charge in [-0.05, 0) is 20.3 Å². The molecular formula is C10H17N3O2. The zero-order chi connectivity index (χ0) is 11.3. The number of nitrogens with one attached hydrogen (secondary N) is 1. The van der Waals surface area contributed by atoms with Crippen LogP contribution in [0.5, 0.6) is 0 Å². The number of carbonyl (C=O) groups is 1. The molecular weight excluding hydrogens is 194 g/mol. The lowest BCUT2D eigenvalue weighted by Crippen LogP contribution is -2.42. The van der Waals surface area contributed by atoms with E-state index in [4.69, 9.17) is 0 Å². The molecule has 5 heteroatoms. The lowest BCUT2D eigenvalue weighted by Gasteiger charge is -2.16. The lowest BCUT2D eigenvalue weighted by atomic mass is 10.1. The molecule has 0 aliphatic carbocycles. The van der Waals surface area contributed by atoms with E-state index in [2.05, 4.69) is 10.3 Å². The van der Waals surface area contributed by atoms with Crippen LogP contribution >= 0.6 is 0 Å². The highest BCUT2D eigenvalue weighted by atomic mass is 16.3. The van der Waals surface area contributed by atoms with E-state index < -0.39 is 5.60 Å². The first-order valence-corrected chi connectivity index (χ1v) is 4.96. The maximum absolute atomic E-state index is 11.2. The summed E-state index contributed by atoms with van der Waals surface area (Å²) < 4.78 is 1.94. The molecule has 0 aliphatic rings. The zero-order valence-corrected chi connectivity index (χ0v) is 9.10. The molecule has 15 heavy (non-hydrogen) atoms. The largest absolute Gasteiger partial charge is 0.381 e. The summed E-state index contributed by atoms with van der Waals surface area (Å²) >= 11 is 0. The van der Waals surface area contributed by atoms with Gasteiger partial charge in [0.05, 0.1) is 6.33 Å². The molecule has 1 aromatic heterocycles. The van der Waals surface area contributed by atoms with Crippen molar-refractivity contribution < 1.29 is 9.90 Å². The predicted octanol–water partition coefficient (Wildman–Crippen LogP) is 0.160. The van der Waals surface area contributed by atoms with Crippen molar-refractivity contribution in [1.82, 2.24) is 14.9 Å². The highest BCUT2D eigenvalue weighted by Gasteiger charge is 2.22. The molecule has 0 bridgehead atoms. The summed E-state index contributed by atoms with van der Waals surface area (Å²) in [4.78, 5) is 15.2. The van der Waals surface area contributed by atoms with E-state index >= 15 is 0 Å². The molecule has 84 valence electrons. The van der Waals surface area contributed by atoms with Crippen molar-refractivity contribution in [1.29, 1.82) is 0 Å². The molecule has 0 saturated carbocycles. The first kappa shape index (κ1) is 11.7. The molecule has 1 heterocycles. The van der Waals surface area contributed by atoms with Crippen molar-refractivity contribution in [3.05, 3.63) is 18.7 Å². The Kier molecular flexibility index (Phi) is 3.85. The average molecular weight is 211 g/mol. The molecule has 0 radical (unpaired) electrons. The Morgan fingerprint density at radius 1 is 1.60 bits per heavy atom. The number of nitrogens with zero attached hydrogens (tertiary/aromatic N) is 2. The number of hydrogen-bond acceptors (Lipinski definition) is 3. The molecule has 0 aromatic carbocycles. The summed E-state index contributed by atoms with van der Waals surface area (Å²) in [6, 6.07) is 0. The summed E-state index contributed by atoms with van der Waals surface area (Å²) in [6.07, 6.45) is 6.14. The summed E-state index contributed by atoms with van der Waals surface area (Å²) in [5.74, 6) is -0.340. The van der Waals surface area contributed by atoms with E-state index in [-0.39, 0.29) is 5.91 Å². The van der Waals surface area contributed by atoms with Crippen molar-refractivity contribution >= 4 is 5.91 Å². The van der Waals surface area contributed by atoms with Crippen molar-refractivity contribution in [3.8, 4) is 0 Å². The standard InChI is InChI=1S/C10H17N3O2/c1-10(2,15)9(14)12-4-3-6-13-7-5-11-8-13/h5,7-8,15H,3-4,6H2,1-2H3,(H,12,14). The van der Waals surface area contributed by atoms with Gasteiger partial charge in [0, 0.05) is 25.5 Å². The molecule has 0 saturated heterocycles. The molecule has 0 unspecified atom stereocenters. The van der Waals surface area contributed by atoms with Crippen LogP contribution in [-0.4, -0.2) is 32.7 Å². The van der Waals surface area contributed by atoms with Crippen LogP contribution in [0.15, 0.2) is 18.7 Å². The zero-order valence-electron chi connectivity index (χ0n) is 9.10. The number of amides is 1. The Labute approximate surface area is 89.1 Å². The van der Waals surface area contributed by atoms with Crippen molar-refractivity contribution in [3.63, 3.8) is 0 Å². The van der Waals surface area contributed by atoms with Crippen LogP contribution in [0.3, 0.4) is 0 Å². The summed E-state index contributed by atoms with van der Waals surface area (Å²) in [5.41, 5.74) is -1.30. The quantitative estimate of drug-likeness (QED) is 0.682. The van der Waals surface area contributed by atoms with Gasteiger partial charge >= 0.3 is 0 Å². The molecule has 1 aromatic rings. The van der Waals surface area contributed by atoms with Gasteiger partial charge in [0.2, 0.25) is 0 Å². The van der Waals surface area contributed by atoms with Crippen LogP contribution in [0.4, 0.5) is 0 Å². The minimum atomic E-state index is -1.30. The molecule has 0 aliphatic heterocycles. The minimum Gasteiger partial charge on any atom is -0.381 e. The van der Waals surface area contributed by atoms with Gasteiger partial charge in [0.1, 0.15) is 5.60 Å². The van der Waals surface area contributed by atoms with Gasteiger partial charge in [-0.3, -0.25) is 4.79 Å². The van der Waals surface area contributed by atoms with Crippen LogP contribution in [0.25, 0.3) is 0 Å². The van der Waals surface area contributed by atoms with Gasteiger partial charge in [0.25, 0.3) is 5.91 Å². The van der Waals surface area contributed by atoms with Crippen molar-refractivity contribution in [2.75, 3.05) is 6.54 Å². The van der Waals surface area contributed by atoms with Gasteiger partial charge in [0.15, 0.2) is 0 Å². The molecule has 0 fully saturated rings. The fraction of sp³-hybridized carbons (Fsp3) is 0.600. The monoisotopic (exact) mass is 211 g/mol. The van der Waals surface area contributed by atoms with Crippen LogP contribution in [0.1, 0.15) is 20.3 Å². The molecule has 0 spiro atoms. The number of rotatable bonds is 5. The summed E-state index contributed by atoms with van der Waals surface area (Å²) in [7, 11) is 0. The normalized spacial score (nSPS) is 11.4. The Morgan fingerprint density at radius 3 is 2.87 bits per heavy atom. The third kappa shape index (κ3) is 4.12. The maximum atomic E-state index is 11.2. The Hall–Kier alpha value is -1.36. The van der Waals surface area contributed by atoms with Gasteiger partial charge < -0.3 is 15.0 Å². The third-order valence-electron chi connectivity index (χ3n) is 1.99. The smallest absolute Gasteiger partial charge is 0.251 e. The number of aromatic nitrogens is 2.